The molecule has 0 bridgehead atoms. The van der Waals surface area contributed by atoms with Crippen molar-refractivity contribution in [2.45, 2.75) is 50.7 Å². The molecule has 2 N–H and O–H groups in total. The van der Waals surface area contributed by atoms with Crippen LogP contribution in [0.15, 0.2) is 0 Å². The first-order valence-corrected chi connectivity index (χ1v) is 6.27. The lowest BCUT2D eigenvalue weighted by atomic mass is 9.93. The van der Waals surface area contributed by atoms with Gasteiger partial charge < -0.3 is 15.2 Å². The summed E-state index contributed by atoms with van der Waals surface area (Å²) in [5.41, 5.74) is -0.513. The van der Waals surface area contributed by atoms with Crippen LogP contribution in [0.3, 0.4) is 0 Å². The molecule has 0 aromatic carbocycles. The van der Waals surface area contributed by atoms with Gasteiger partial charge in [0, 0.05) is 38.6 Å². The van der Waals surface area contributed by atoms with Crippen molar-refractivity contribution in [3.8, 4) is 0 Å². The molecule has 0 aromatic rings. The van der Waals surface area contributed by atoms with E-state index in [1.165, 1.54) is 19.3 Å². The summed E-state index contributed by atoms with van der Waals surface area (Å²) in [6.45, 7) is 4.38. The number of rotatable bonds is 5. The van der Waals surface area contributed by atoms with Gasteiger partial charge in [-0.25, -0.2) is 0 Å². The molecule has 1 heterocycles. The van der Waals surface area contributed by atoms with Gasteiger partial charge in [0.25, 0.3) is 0 Å². The second-order valence-corrected chi connectivity index (χ2v) is 5.07. The van der Waals surface area contributed by atoms with Crippen LogP contribution in [0.4, 0.5) is 0 Å². The Balaban J connectivity index is 1.74. The number of ether oxygens (including phenoxy) is 1. The van der Waals surface area contributed by atoms with E-state index in [2.05, 4.69) is 12.2 Å². The second-order valence-electron chi connectivity index (χ2n) is 5.07. The fourth-order valence-electron chi connectivity index (χ4n) is 2.39. The smallest absolute Gasteiger partial charge is 0.0815 e. The molecule has 1 aliphatic heterocycles. The molecule has 1 unspecified atom stereocenters. The van der Waals surface area contributed by atoms with Crippen molar-refractivity contribution >= 4 is 0 Å². The van der Waals surface area contributed by atoms with Gasteiger partial charge in [0.05, 0.1) is 5.60 Å². The molecule has 0 aromatic heterocycles. The van der Waals surface area contributed by atoms with E-state index in [-0.39, 0.29) is 0 Å². The SMILES string of the molecule is CCC(NCC1(O)CCOCC1)C1CC1. The van der Waals surface area contributed by atoms with Gasteiger partial charge in [-0.05, 0) is 25.2 Å². The van der Waals surface area contributed by atoms with Crippen molar-refractivity contribution in [1.82, 2.24) is 5.32 Å². The van der Waals surface area contributed by atoms with Gasteiger partial charge in [0.1, 0.15) is 0 Å². The average Bonchev–Trinajstić information content (AvgIpc) is 3.04. The maximum Gasteiger partial charge on any atom is 0.0815 e. The lowest BCUT2D eigenvalue weighted by molar-refractivity contribution is -0.0630. The summed E-state index contributed by atoms with van der Waals surface area (Å²) < 4.78 is 5.27. The molecular formula is C12H23NO2. The highest BCUT2D eigenvalue weighted by Gasteiger charge is 2.34. The van der Waals surface area contributed by atoms with Crippen molar-refractivity contribution in [3.63, 3.8) is 0 Å². The molecule has 3 heteroatoms. The molecule has 0 radical (unpaired) electrons. The fraction of sp³-hybridized carbons (Fsp3) is 1.00. The number of aliphatic hydroxyl groups is 1. The van der Waals surface area contributed by atoms with Crippen LogP contribution in [0.1, 0.15) is 39.0 Å². The zero-order chi connectivity index (χ0) is 10.7. The first-order chi connectivity index (χ1) is 7.23. The molecule has 0 amide bonds. The molecule has 1 saturated heterocycles. The molecule has 0 spiro atoms. The van der Waals surface area contributed by atoms with Crippen LogP contribution in [-0.4, -0.2) is 36.5 Å². The van der Waals surface area contributed by atoms with E-state index in [1.807, 2.05) is 0 Å². The molecule has 88 valence electrons. The lowest BCUT2D eigenvalue weighted by Crippen LogP contribution is -2.48. The summed E-state index contributed by atoms with van der Waals surface area (Å²) in [6.07, 6.45) is 5.47. The summed E-state index contributed by atoms with van der Waals surface area (Å²) in [5, 5.41) is 13.8. The van der Waals surface area contributed by atoms with E-state index in [0.717, 1.165) is 25.3 Å². The largest absolute Gasteiger partial charge is 0.388 e. The van der Waals surface area contributed by atoms with Crippen molar-refractivity contribution in [2.75, 3.05) is 19.8 Å². The molecule has 2 rings (SSSR count). The van der Waals surface area contributed by atoms with E-state index >= 15 is 0 Å². The highest BCUT2D eigenvalue weighted by Crippen LogP contribution is 2.34. The van der Waals surface area contributed by atoms with Crippen LogP contribution in [0.25, 0.3) is 0 Å². The fourth-order valence-corrected chi connectivity index (χ4v) is 2.39. The van der Waals surface area contributed by atoms with Gasteiger partial charge in [-0.3, -0.25) is 0 Å². The Kier molecular flexibility index (Phi) is 3.65. The van der Waals surface area contributed by atoms with E-state index in [1.54, 1.807) is 0 Å². The van der Waals surface area contributed by atoms with Crippen molar-refractivity contribution in [2.24, 2.45) is 5.92 Å². The number of nitrogens with one attached hydrogen (secondary N) is 1. The molecule has 1 aliphatic carbocycles. The molecule has 1 atom stereocenters. The summed E-state index contributed by atoms with van der Waals surface area (Å²) >= 11 is 0. The van der Waals surface area contributed by atoms with Gasteiger partial charge >= 0.3 is 0 Å². The van der Waals surface area contributed by atoms with Crippen molar-refractivity contribution < 1.29 is 9.84 Å². The first-order valence-electron chi connectivity index (χ1n) is 6.27. The van der Waals surface area contributed by atoms with Gasteiger partial charge in [0.15, 0.2) is 0 Å². The molecule has 1 saturated carbocycles. The number of hydrogen-bond donors (Lipinski definition) is 2. The maximum absolute atomic E-state index is 10.3. The topological polar surface area (TPSA) is 41.5 Å². The Hall–Kier alpha value is -0.120. The Bertz CT molecular complexity index is 198. The second kappa shape index (κ2) is 4.81. The van der Waals surface area contributed by atoms with E-state index in [9.17, 15) is 5.11 Å². The third-order valence-corrected chi connectivity index (χ3v) is 3.75. The van der Waals surface area contributed by atoms with Gasteiger partial charge in [-0.15, -0.1) is 0 Å². The molecule has 3 nitrogen and oxygen atoms in total. The standard InChI is InChI=1S/C12H23NO2/c1-2-11(10-3-4-10)13-9-12(14)5-7-15-8-6-12/h10-11,13-14H,2-9H2,1H3. The highest BCUT2D eigenvalue weighted by atomic mass is 16.5. The normalized spacial score (nSPS) is 27.6. The minimum absolute atomic E-state index is 0.513. The molecule has 15 heavy (non-hydrogen) atoms. The summed E-state index contributed by atoms with van der Waals surface area (Å²) in [5.74, 6) is 0.874. The zero-order valence-electron chi connectivity index (χ0n) is 9.67. The quantitative estimate of drug-likeness (QED) is 0.723. The summed E-state index contributed by atoms with van der Waals surface area (Å²) in [4.78, 5) is 0. The molecule has 2 aliphatic rings. The van der Waals surface area contributed by atoms with Crippen LogP contribution in [0.2, 0.25) is 0 Å². The Morgan fingerprint density at radius 2 is 2.07 bits per heavy atom. The predicted octanol–water partition coefficient (Wildman–Crippen LogP) is 1.31. The minimum Gasteiger partial charge on any atom is -0.388 e. The monoisotopic (exact) mass is 213 g/mol. The summed E-state index contributed by atoms with van der Waals surface area (Å²) in [7, 11) is 0. The molecule has 2 fully saturated rings. The van der Waals surface area contributed by atoms with Crippen LogP contribution < -0.4 is 5.32 Å². The van der Waals surface area contributed by atoms with Crippen LogP contribution in [-0.2, 0) is 4.74 Å². The first kappa shape index (κ1) is 11.4. The van der Waals surface area contributed by atoms with Crippen LogP contribution >= 0.6 is 0 Å². The van der Waals surface area contributed by atoms with E-state index < -0.39 is 5.60 Å². The zero-order valence-corrected chi connectivity index (χ0v) is 9.67. The average molecular weight is 213 g/mol. The van der Waals surface area contributed by atoms with E-state index in [4.69, 9.17) is 4.74 Å². The third kappa shape index (κ3) is 3.16. The Labute approximate surface area is 92.2 Å². The van der Waals surface area contributed by atoms with Gasteiger partial charge in [0.2, 0.25) is 0 Å². The minimum atomic E-state index is -0.513. The Morgan fingerprint density at radius 3 is 2.60 bits per heavy atom. The van der Waals surface area contributed by atoms with Crippen molar-refractivity contribution in [1.29, 1.82) is 0 Å². The van der Waals surface area contributed by atoms with Crippen molar-refractivity contribution in [3.05, 3.63) is 0 Å². The van der Waals surface area contributed by atoms with Gasteiger partial charge in [-0.1, -0.05) is 6.92 Å². The van der Waals surface area contributed by atoms with Crippen LogP contribution in [0.5, 0.6) is 0 Å². The third-order valence-electron chi connectivity index (χ3n) is 3.75. The van der Waals surface area contributed by atoms with Gasteiger partial charge in [-0.2, -0.15) is 0 Å². The van der Waals surface area contributed by atoms with E-state index in [0.29, 0.717) is 19.3 Å². The maximum atomic E-state index is 10.3. The number of hydrogen-bond acceptors (Lipinski definition) is 3. The molecular weight excluding hydrogens is 190 g/mol. The lowest BCUT2D eigenvalue weighted by Gasteiger charge is -2.33. The van der Waals surface area contributed by atoms with Crippen LogP contribution in [0, 0.1) is 5.92 Å². The summed E-state index contributed by atoms with van der Waals surface area (Å²) in [6, 6.07) is 0.622. The predicted molar refractivity (Wildman–Crippen MR) is 59.8 cm³/mol. The highest BCUT2D eigenvalue weighted by molar-refractivity contribution is 4.90. The Morgan fingerprint density at radius 1 is 1.40 bits per heavy atom.